The van der Waals surface area contributed by atoms with E-state index in [1.165, 1.54) is 4.88 Å². The van der Waals surface area contributed by atoms with Crippen molar-refractivity contribution >= 4 is 23.0 Å². The van der Waals surface area contributed by atoms with Gasteiger partial charge in [0.1, 0.15) is 18.1 Å². The molecule has 1 N–H and O–H groups in total. The Kier molecular flexibility index (Phi) is 5.30. The number of hydrogen-bond donors (Lipinski definition) is 1. The van der Waals surface area contributed by atoms with E-state index in [0.717, 1.165) is 16.3 Å². The number of carbonyl (C=O) groups excluding carboxylic acids is 1. The Hall–Kier alpha value is -2.86. The zero-order valence-electron chi connectivity index (χ0n) is 14.0. The van der Waals surface area contributed by atoms with Gasteiger partial charge < -0.3 is 9.15 Å². The lowest BCUT2D eigenvalue weighted by Gasteiger charge is -2.03. The van der Waals surface area contributed by atoms with Crippen molar-refractivity contribution in [3.8, 4) is 5.75 Å². The molecule has 0 saturated heterocycles. The van der Waals surface area contributed by atoms with Crippen molar-refractivity contribution in [3.63, 3.8) is 0 Å². The Bertz CT molecular complexity index is 881. The monoisotopic (exact) mass is 354 g/mol. The fourth-order valence-corrected chi connectivity index (χ4v) is 2.93. The molecule has 25 heavy (non-hydrogen) atoms. The quantitative estimate of drug-likeness (QED) is 0.528. The van der Waals surface area contributed by atoms with E-state index in [0.29, 0.717) is 5.76 Å². The zero-order valence-corrected chi connectivity index (χ0v) is 14.8. The molecule has 3 rings (SSSR count). The molecule has 2 heterocycles. The minimum absolute atomic E-state index is 0.200. The highest BCUT2D eigenvalue weighted by atomic mass is 32.1. The SMILES string of the molecule is C/C(=N/NC(=O)c1ccc(COc2ccccc2)o1)c1ccc(C)s1. The third-order valence-electron chi connectivity index (χ3n) is 3.43. The van der Waals surface area contributed by atoms with Crippen LogP contribution in [0.2, 0.25) is 0 Å². The maximum atomic E-state index is 12.1. The van der Waals surface area contributed by atoms with Gasteiger partial charge in [-0.2, -0.15) is 5.10 Å². The van der Waals surface area contributed by atoms with Crippen LogP contribution in [0, 0.1) is 6.92 Å². The van der Waals surface area contributed by atoms with E-state index in [4.69, 9.17) is 9.15 Å². The summed E-state index contributed by atoms with van der Waals surface area (Å²) >= 11 is 1.63. The maximum Gasteiger partial charge on any atom is 0.307 e. The lowest BCUT2D eigenvalue weighted by Crippen LogP contribution is -2.18. The fourth-order valence-electron chi connectivity index (χ4n) is 2.12. The molecule has 0 atom stereocenters. The molecule has 0 fully saturated rings. The van der Waals surface area contributed by atoms with Gasteiger partial charge in [0.05, 0.1) is 10.6 Å². The molecule has 1 aromatic carbocycles. The first kappa shape index (κ1) is 17.0. The minimum Gasteiger partial charge on any atom is -0.486 e. The molecule has 6 heteroatoms. The molecule has 0 aliphatic heterocycles. The third kappa shape index (κ3) is 4.58. The summed E-state index contributed by atoms with van der Waals surface area (Å²) in [5.41, 5.74) is 3.27. The van der Waals surface area contributed by atoms with Gasteiger partial charge in [-0.05, 0) is 50.2 Å². The van der Waals surface area contributed by atoms with Crippen LogP contribution in [-0.4, -0.2) is 11.6 Å². The maximum absolute atomic E-state index is 12.1. The Morgan fingerprint density at radius 3 is 2.68 bits per heavy atom. The highest BCUT2D eigenvalue weighted by Crippen LogP contribution is 2.16. The number of aryl methyl sites for hydroxylation is 1. The number of rotatable bonds is 6. The second-order valence-electron chi connectivity index (χ2n) is 5.42. The van der Waals surface area contributed by atoms with Crippen LogP contribution in [0.4, 0.5) is 0 Å². The van der Waals surface area contributed by atoms with Crippen molar-refractivity contribution in [1.82, 2.24) is 5.43 Å². The van der Waals surface area contributed by atoms with Gasteiger partial charge in [0, 0.05) is 4.88 Å². The number of carbonyl (C=O) groups is 1. The average Bonchev–Trinajstić information content (AvgIpc) is 3.27. The number of para-hydroxylation sites is 1. The summed E-state index contributed by atoms with van der Waals surface area (Å²) in [5.74, 6) is 1.13. The molecule has 5 nitrogen and oxygen atoms in total. The first-order chi connectivity index (χ1) is 12.1. The molecule has 3 aromatic rings. The summed E-state index contributed by atoms with van der Waals surface area (Å²) in [4.78, 5) is 14.3. The number of hydrazone groups is 1. The molecule has 128 valence electrons. The van der Waals surface area contributed by atoms with Crippen LogP contribution >= 0.6 is 11.3 Å². The van der Waals surface area contributed by atoms with E-state index >= 15 is 0 Å². The summed E-state index contributed by atoms with van der Waals surface area (Å²) in [6.45, 7) is 4.14. The predicted molar refractivity (Wildman–Crippen MR) is 98.2 cm³/mol. The Balaban J connectivity index is 1.57. The summed E-state index contributed by atoms with van der Waals surface area (Å²) in [5, 5.41) is 4.12. The molecular weight excluding hydrogens is 336 g/mol. The molecule has 1 amide bonds. The number of thiophene rings is 1. The molecule has 0 bridgehead atoms. The Morgan fingerprint density at radius 1 is 1.16 bits per heavy atom. The molecule has 0 radical (unpaired) electrons. The standard InChI is InChI=1S/C19H18N2O3S/c1-13-8-11-18(25-13)14(2)20-21-19(22)17-10-9-16(24-17)12-23-15-6-4-3-5-7-15/h3-11H,12H2,1-2H3,(H,21,22)/b20-14-. The van der Waals surface area contributed by atoms with Gasteiger partial charge >= 0.3 is 5.91 Å². The summed E-state index contributed by atoms with van der Waals surface area (Å²) in [6, 6.07) is 16.8. The molecule has 0 aliphatic carbocycles. The van der Waals surface area contributed by atoms with E-state index < -0.39 is 5.91 Å². The highest BCUT2D eigenvalue weighted by molar-refractivity contribution is 7.14. The molecule has 0 aliphatic rings. The largest absolute Gasteiger partial charge is 0.486 e. The summed E-state index contributed by atoms with van der Waals surface area (Å²) in [6.07, 6.45) is 0. The Morgan fingerprint density at radius 2 is 1.96 bits per heavy atom. The first-order valence-corrected chi connectivity index (χ1v) is 8.61. The van der Waals surface area contributed by atoms with Crippen molar-refractivity contribution in [3.05, 3.63) is 75.9 Å². The number of benzene rings is 1. The number of furan rings is 1. The molecule has 2 aromatic heterocycles. The highest BCUT2D eigenvalue weighted by Gasteiger charge is 2.11. The van der Waals surface area contributed by atoms with E-state index in [9.17, 15) is 4.79 Å². The van der Waals surface area contributed by atoms with Crippen LogP contribution < -0.4 is 10.2 Å². The van der Waals surface area contributed by atoms with Crippen LogP contribution in [0.3, 0.4) is 0 Å². The second kappa shape index (κ2) is 7.81. The van der Waals surface area contributed by atoms with Gasteiger partial charge in [-0.15, -0.1) is 11.3 Å². The van der Waals surface area contributed by atoms with Gasteiger partial charge in [0.15, 0.2) is 5.76 Å². The number of hydrogen-bond acceptors (Lipinski definition) is 5. The van der Waals surface area contributed by atoms with Gasteiger partial charge in [0.2, 0.25) is 0 Å². The van der Waals surface area contributed by atoms with Gasteiger partial charge in [-0.3, -0.25) is 4.79 Å². The third-order valence-corrected chi connectivity index (χ3v) is 4.54. The van der Waals surface area contributed by atoms with E-state index in [1.807, 2.05) is 56.3 Å². The van der Waals surface area contributed by atoms with Crippen LogP contribution in [0.25, 0.3) is 0 Å². The fraction of sp³-hybridized carbons (Fsp3) is 0.158. The molecular formula is C19H18N2O3S. The number of nitrogens with one attached hydrogen (secondary N) is 1. The predicted octanol–water partition coefficient (Wildman–Crippen LogP) is 4.38. The number of ether oxygens (including phenoxy) is 1. The van der Waals surface area contributed by atoms with Crippen molar-refractivity contribution in [2.24, 2.45) is 5.10 Å². The average molecular weight is 354 g/mol. The Labute approximate surface area is 149 Å². The smallest absolute Gasteiger partial charge is 0.307 e. The van der Waals surface area contributed by atoms with E-state index in [-0.39, 0.29) is 12.4 Å². The normalized spacial score (nSPS) is 11.4. The van der Waals surface area contributed by atoms with Crippen molar-refractivity contribution in [1.29, 1.82) is 0 Å². The first-order valence-electron chi connectivity index (χ1n) is 7.80. The van der Waals surface area contributed by atoms with Gasteiger partial charge in [-0.25, -0.2) is 5.43 Å². The lowest BCUT2D eigenvalue weighted by molar-refractivity contribution is 0.0923. The molecule has 0 spiro atoms. The number of nitrogens with zero attached hydrogens (tertiary/aromatic N) is 1. The lowest BCUT2D eigenvalue weighted by atomic mass is 10.3. The van der Waals surface area contributed by atoms with Gasteiger partial charge in [0.25, 0.3) is 0 Å². The van der Waals surface area contributed by atoms with Crippen LogP contribution in [0.15, 0.2) is 64.1 Å². The molecule has 0 saturated carbocycles. The van der Waals surface area contributed by atoms with Gasteiger partial charge in [-0.1, -0.05) is 18.2 Å². The van der Waals surface area contributed by atoms with Crippen molar-refractivity contribution in [2.45, 2.75) is 20.5 Å². The van der Waals surface area contributed by atoms with Crippen LogP contribution in [0.1, 0.15) is 33.0 Å². The van der Waals surface area contributed by atoms with E-state index in [1.54, 1.807) is 23.5 Å². The second-order valence-corrected chi connectivity index (χ2v) is 6.70. The topological polar surface area (TPSA) is 63.8 Å². The molecule has 0 unspecified atom stereocenters. The van der Waals surface area contributed by atoms with Crippen molar-refractivity contribution in [2.75, 3.05) is 0 Å². The zero-order chi connectivity index (χ0) is 17.6. The van der Waals surface area contributed by atoms with Crippen LogP contribution in [0.5, 0.6) is 5.75 Å². The van der Waals surface area contributed by atoms with Crippen LogP contribution in [-0.2, 0) is 6.61 Å². The minimum atomic E-state index is -0.390. The number of amides is 1. The summed E-state index contributed by atoms with van der Waals surface area (Å²) < 4.78 is 11.1. The summed E-state index contributed by atoms with van der Waals surface area (Å²) in [7, 11) is 0. The van der Waals surface area contributed by atoms with E-state index in [2.05, 4.69) is 10.5 Å². The van der Waals surface area contributed by atoms with Crippen molar-refractivity contribution < 1.29 is 13.9 Å².